The van der Waals surface area contributed by atoms with Crippen LogP contribution in [-0.2, 0) is 6.61 Å². The van der Waals surface area contributed by atoms with Gasteiger partial charge in [0, 0.05) is 11.8 Å². The molecule has 0 spiro atoms. The summed E-state index contributed by atoms with van der Waals surface area (Å²) in [6, 6.07) is 14.1. The monoisotopic (exact) mass is 399 g/mol. The number of hydrogen-bond acceptors (Lipinski definition) is 5. The molecule has 0 fully saturated rings. The van der Waals surface area contributed by atoms with Gasteiger partial charge in [-0.25, -0.2) is 4.39 Å². The lowest BCUT2D eigenvalue weighted by Crippen LogP contribution is -2.11. The van der Waals surface area contributed by atoms with E-state index < -0.39 is 5.91 Å². The molecule has 7 heteroatoms. The number of carbonyl (C=O) groups excluding carboxylic acids is 1. The number of halogens is 1. The fourth-order valence-electron chi connectivity index (χ4n) is 2.58. The van der Waals surface area contributed by atoms with E-state index in [9.17, 15) is 9.18 Å². The number of amides is 1. The van der Waals surface area contributed by atoms with Crippen LogP contribution in [0.2, 0.25) is 0 Å². The van der Waals surface area contributed by atoms with Crippen molar-refractivity contribution in [1.82, 2.24) is 0 Å². The lowest BCUT2D eigenvalue weighted by Gasteiger charge is -2.12. The normalized spacial score (nSPS) is 10.4. The summed E-state index contributed by atoms with van der Waals surface area (Å²) >= 11 is 0. The highest BCUT2D eigenvalue weighted by molar-refractivity contribution is 6.02. The number of carbonyl (C=O) groups is 1. The maximum atomic E-state index is 12.9. The van der Waals surface area contributed by atoms with E-state index in [1.807, 2.05) is 13.8 Å². The van der Waals surface area contributed by atoms with Crippen LogP contribution in [0.5, 0.6) is 17.2 Å². The fourth-order valence-corrected chi connectivity index (χ4v) is 2.58. The van der Waals surface area contributed by atoms with E-state index in [0.29, 0.717) is 41.9 Å². The maximum Gasteiger partial charge on any atom is 0.291 e. The van der Waals surface area contributed by atoms with Crippen LogP contribution < -0.4 is 19.5 Å². The number of furan rings is 1. The SMILES string of the molecule is CCOc1ccc(NC(=O)c2ccc(COc3ccc(F)cc3)o2)cc1OCC. The van der Waals surface area contributed by atoms with Gasteiger partial charge in [0.25, 0.3) is 5.91 Å². The average Bonchev–Trinajstić information content (AvgIpc) is 3.19. The second kappa shape index (κ2) is 9.64. The number of rotatable bonds is 9. The summed E-state index contributed by atoms with van der Waals surface area (Å²) in [6.07, 6.45) is 0. The molecule has 0 aliphatic heterocycles. The molecular formula is C22H22FNO5. The van der Waals surface area contributed by atoms with Gasteiger partial charge in [-0.15, -0.1) is 0 Å². The zero-order chi connectivity index (χ0) is 20.6. The van der Waals surface area contributed by atoms with Gasteiger partial charge in [0.05, 0.1) is 13.2 Å². The largest absolute Gasteiger partial charge is 0.490 e. The Balaban J connectivity index is 1.62. The van der Waals surface area contributed by atoms with Crippen molar-refractivity contribution < 1.29 is 27.8 Å². The third kappa shape index (κ3) is 5.51. The maximum absolute atomic E-state index is 12.9. The van der Waals surface area contributed by atoms with Crippen LogP contribution in [0.4, 0.5) is 10.1 Å². The Morgan fingerprint density at radius 2 is 1.66 bits per heavy atom. The van der Waals surface area contributed by atoms with Crippen molar-refractivity contribution in [3.05, 3.63) is 71.9 Å². The molecule has 3 aromatic rings. The summed E-state index contributed by atoms with van der Waals surface area (Å²) < 4.78 is 35.0. The molecule has 3 rings (SSSR count). The smallest absolute Gasteiger partial charge is 0.291 e. The molecule has 1 N–H and O–H groups in total. The van der Waals surface area contributed by atoms with Gasteiger partial charge in [-0.3, -0.25) is 4.79 Å². The fraction of sp³-hybridized carbons (Fsp3) is 0.227. The number of ether oxygens (including phenoxy) is 3. The first-order valence-electron chi connectivity index (χ1n) is 9.27. The minimum absolute atomic E-state index is 0.121. The summed E-state index contributed by atoms with van der Waals surface area (Å²) in [5, 5.41) is 2.77. The number of benzene rings is 2. The molecule has 0 radical (unpaired) electrons. The van der Waals surface area contributed by atoms with E-state index in [0.717, 1.165) is 0 Å². The number of hydrogen-bond donors (Lipinski definition) is 1. The van der Waals surface area contributed by atoms with Crippen molar-refractivity contribution in [2.75, 3.05) is 18.5 Å². The first kappa shape index (κ1) is 20.3. The molecule has 2 aromatic carbocycles. The van der Waals surface area contributed by atoms with Gasteiger partial charge in [-0.05, 0) is 62.4 Å². The predicted octanol–water partition coefficient (Wildman–Crippen LogP) is 5.05. The van der Waals surface area contributed by atoms with E-state index >= 15 is 0 Å². The van der Waals surface area contributed by atoms with Crippen molar-refractivity contribution in [2.45, 2.75) is 20.5 Å². The van der Waals surface area contributed by atoms with Crippen LogP contribution in [0.25, 0.3) is 0 Å². The number of nitrogens with one attached hydrogen (secondary N) is 1. The predicted molar refractivity (Wildman–Crippen MR) is 106 cm³/mol. The summed E-state index contributed by atoms with van der Waals surface area (Å²) in [5.74, 6) is 1.56. The van der Waals surface area contributed by atoms with Crippen molar-refractivity contribution in [2.24, 2.45) is 0 Å². The first-order valence-corrected chi connectivity index (χ1v) is 9.27. The Kier molecular flexibility index (Phi) is 6.73. The lowest BCUT2D eigenvalue weighted by molar-refractivity contribution is 0.0992. The summed E-state index contributed by atoms with van der Waals surface area (Å²) in [6.45, 7) is 4.88. The summed E-state index contributed by atoms with van der Waals surface area (Å²) in [7, 11) is 0. The van der Waals surface area contributed by atoms with Gasteiger partial charge in [0.1, 0.15) is 23.9 Å². The molecule has 152 valence electrons. The van der Waals surface area contributed by atoms with Gasteiger partial charge in [0.2, 0.25) is 0 Å². The highest BCUT2D eigenvalue weighted by atomic mass is 19.1. The molecule has 0 saturated carbocycles. The van der Waals surface area contributed by atoms with Gasteiger partial charge >= 0.3 is 0 Å². The first-order chi connectivity index (χ1) is 14.1. The topological polar surface area (TPSA) is 69.9 Å². The Morgan fingerprint density at radius 1 is 0.931 bits per heavy atom. The van der Waals surface area contributed by atoms with E-state index in [-0.39, 0.29) is 18.2 Å². The molecule has 6 nitrogen and oxygen atoms in total. The molecule has 0 atom stereocenters. The highest BCUT2D eigenvalue weighted by Crippen LogP contribution is 2.31. The number of anilines is 1. The van der Waals surface area contributed by atoms with Crippen LogP contribution in [0.3, 0.4) is 0 Å². The Bertz CT molecular complexity index is 952. The molecule has 1 heterocycles. The van der Waals surface area contributed by atoms with Crippen LogP contribution >= 0.6 is 0 Å². The van der Waals surface area contributed by atoms with Crippen LogP contribution in [-0.4, -0.2) is 19.1 Å². The minimum atomic E-state index is -0.398. The molecule has 0 saturated heterocycles. The quantitative estimate of drug-likeness (QED) is 0.545. The molecule has 0 unspecified atom stereocenters. The zero-order valence-electron chi connectivity index (χ0n) is 16.2. The third-order valence-electron chi connectivity index (χ3n) is 3.88. The Labute approximate surface area is 168 Å². The summed E-state index contributed by atoms with van der Waals surface area (Å²) in [4.78, 5) is 12.5. The zero-order valence-corrected chi connectivity index (χ0v) is 16.2. The molecule has 29 heavy (non-hydrogen) atoms. The van der Waals surface area contributed by atoms with Gasteiger partial charge < -0.3 is 23.9 Å². The van der Waals surface area contributed by atoms with Gasteiger partial charge in [-0.1, -0.05) is 0 Å². The van der Waals surface area contributed by atoms with Crippen LogP contribution in [0.1, 0.15) is 30.2 Å². The average molecular weight is 399 g/mol. The van der Waals surface area contributed by atoms with Crippen molar-refractivity contribution in [1.29, 1.82) is 0 Å². The van der Waals surface area contributed by atoms with E-state index in [4.69, 9.17) is 18.6 Å². The van der Waals surface area contributed by atoms with E-state index in [1.165, 1.54) is 24.3 Å². The Morgan fingerprint density at radius 3 is 2.38 bits per heavy atom. The molecule has 1 amide bonds. The lowest BCUT2D eigenvalue weighted by atomic mass is 10.2. The van der Waals surface area contributed by atoms with Crippen molar-refractivity contribution in [3.8, 4) is 17.2 Å². The van der Waals surface area contributed by atoms with Crippen LogP contribution in [0, 0.1) is 5.82 Å². The van der Waals surface area contributed by atoms with Crippen LogP contribution in [0.15, 0.2) is 59.0 Å². The van der Waals surface area contributed by atoms with Crippen molar-refractivity contribution >= 4 is 11.6 Å². The molecule has 1 aromatic heterocycles. The van der Waals surface area contributed by atoms with Gasteiger partial charge in [0.15, 0.2) is 17.3 Å². The summed E-state index contributed by atoms with van der Waals surface area (Å²) in [5.41, 5.74) is 0.558. The van der Waals surface area contributed by atoms with E-state index in [2.05, 4.69) is 5.32 Å². The molecule has 0 aliphatic rings. The van der Waals surface area contributed by atoms with Gasteiger partial charge in [-0.2, -0.15) is 0 Å². The molecular weight excluding hydrogens is 377 g/mol. The third-order valence-corrected chi connectivity index (χ3v) is 3.88. The second-order valence-electron chi connectivity index (χ2n) is 5.99. The Hall–Kier alpha value is -3.48. The standard InChI is InChI=1S/C22H22FNO5/c1-3-26-19-11-7-16(13-21(19)27-4-2)24-22(25)20-12-10-18(29-20)14-28-17-8-5-15(23)6-9-17/h5-13H,3-4,14H2,1-2H3,(H,24,25). The second-order valence-corrected chi connectivity index (χ2v) is 5.99. The van der Waals surface area contributed by atoms with E-state index in [1.54, 1.807) is 30.3 Å². The minimum Gasteiger partial charge on any atom is -0.490 e. The highest BCUT2D eigenvalue weighted by Gasteiger charge is 2.14. The molecule has 0 bridgehead atoms. The van der Waals surface area contributed by atoms with Crippen molar-refractivity contribution in [3.63, 3.8) is 0 Å². The molecule has 0 aliphatic carbocycles.